The standard InChI is InChI=1S/C22H28N2O3/c1-14-11-16(25-2)13-18-17(7-5-6-10-23)22(24-21(14)18)15-8-9-19(26-3)20(12-15)27-4/h8-9,11-13,24H,5-7,10,23H2,1-4H3. The van der Waals surface area contributed by atoms with Crippen LogP contribution >= 0.6 is 0 Å². The number of aromatic amines is 1. The Kier molecular flexibility index (Phi) is 5.91. The van der Waals surface area contributed by atoms with E-state index >= 15 is 0 Å². The molecule has 0 aliphatic heterocycles. The predicted octanol–water partition coefficient (Wildman–Crippen LogP) is 4.45. The summed E-state index contributed by atoms with van der Waals surface area (Å²) >= 11 is 0. The van der Waals surface area contributed by atoms with Crippen LogP contribution in [0.4, 0.5) is 0 Å². The van der Waals surface area contributed by atoms with Crippen molar-refractivity contribution in [2.45, 2.75) is 26.2 Å². The second-order valence-corrected chi connectivity index (χ2v) is 6.66. The zero-order chi connectivity index (χ0) is 19.4. The summed E-state index contributed by atoms with van der Waals surface area (Å²) in [5.74, 6) is 2.31. The van der Waals surface area contributed by atoms with Crippen LogP contribution in [-0.2, 0) is 6.42 Å². The van der Waals surface area contributed by atoms with Crippen LogP contribution < -0.4 is 19.9 Å². The van der Waals surface area contributed by atoms with Crippen LogP contribution in [0.3, 0.4) is 0 Å². The van der Waals surface area contributed by atoms with Gasteiger partial charge in [-0.15, -0.1) is 0 Å². The van der Waals surface area contributed by atoms with Crippen molar-refractivity contribution in [2.24, 2.45) is 5.73 Å². The highest BCUT2D eigenvalue weighted by Crippen LogP contribution is 2.38. The maximum atomic E-state index is 5.71. The van der Waals surface area contributed by atoms with Crippen molar-refractivity contribution in [3.05, 3.63) is 41.5 Å². The molecule has 5 heteroatoms. The predicted molar refractivity (Wildman–Crippen MR) is 110 cm³/mol. The first-order valence-electron chi connectivity index (χ1n) is 9.24. The third-order valence-corrected chi connectivity index (χ3v) is 4.97. The van der Waals surface area contributed by atoms with Gasteiger partial charge in [0.15, 0.2) is 11.5 Å². The van der Waals surface area contributed by atoms with Gasteiger partial charge in [-0.25, -0.2) is 0 Å². The lowest BCUT2D eigenvalue weighted by Crippen LogP contribution is -1.99. The summed E-state index contributed by atoms with van der Waals surface area (Å²) in [5, 5.41) is 1.20. The SMILES string of the molecule is COc1cc(C)c2[nH]c(-c3ccc(OC)c(OC)c3)c(CCCCN)c2c1. The van der Waals surface area contributed by atoms with Gasteiger partial charge in [0.05, 0.1) is 21.3 Å². The number of fused-ring (bicyclic) bond motifs is 1. The lowest BCUT2D eigenvalue weighted by atomic mass is 9.99. The number of unbranched alkanes of at least 4 members (excludes halogenated alkanes) is 1. The molecule has 2 aromatic carbocycles. The zero-order valence-electron chi connectivity index (χ0n) is 16.5. The fourth-order valence-corrected chi connectivity index (χ4v) is 3.55. The Morgan fingerprint density at radius 2 is 1.70 bits per heavy atom. The van der Waals surface area contributed by atoms with Gasteiger partial charge in [0.2, 0.25) is 0 Å². The molecule has 0 saturated carbocycles. The fourth-order valence-electron chi connectivity index (χ4n) is 3.55. The van der Waals surface area contributed by atoms with Crippen LogP contribution in [0.25, 0.3) is 22.2 Å². The quantitative estimate of drug-likeness (QED) is 0.576. The molecule has 0 atom stereocenters. The molecule has 3 N–H and O–H groups in total. The van der Waals surface area contributed by atoms with E-state index in [2.05, 4.69) is 30.1 Å². The van der Waals surface area contributed by atoms with Crippen molar-refractivity contribution >= 4 is 10.9 Å². The van der Waals surface area contributed by atoms with Gasteiger partial charge >= 0.3 is 0 Å². The second-order valence-electron chi connectivity index (χ2n) is 6.66. The minimum absolute atomic E-state index is 0.705. The summed E-state index contributed by atoms with van der Waals surface area (Å²) < 4.78 is 16.4. The summed E-state index contributed by atoms with van der Waals surface area (Å²) in [6.45, 7) is 2.81. The minimum atomic E-state index is 0.705. The highest BCUT2D eigenvalue weighted by atomic mass is 16.5. The monoisotopic (exact) mass is 368 g/mol. The number of hydrogen-bond acceptors (Lipinski definition) is 4. The second kappa shape index (κ2) is 8.35. The maximum Gasteiger partial charge on any atom is 0.161 e. The van der Waals surface area contributed by atoms with E-state index in [1.165, 1.54) is 10.9 Å². The molecule has 0 aliphatic rings. The lowest BCUT2D eigenvalue weighted by Gasteiger charge is -2.10. The topological polar surface area (TPSA) is 69.5 Å². The summed E-state index contributed by atoms with van der Waals surface area (Å²) in [6.07, 6.45) is 2.99. The first-order chi connectivity index (χ1) is 13.1. The molecule has 0 aliphatic carbocycles. The maximum absolute atomic E-state index is 5.71. The van der Waals surface area contributed by atoms with Gasteiger partial charge in [0.1, 0.15) is 5.75 Å². The number of hydrogen-bond donors (Lipinski definition) is 2. The zero-order valence-corrected chi connectivity index (χ0v) is 16.5. The van der Waals surface area contributed by atoms with Gasteiger partial charge in [-0.3, -0.25) is 0 Å². The van der Waals surface area contributed by atoms with Crippen LogP contribution in [0, 0.1) is 6.92 Å². The Morgan fingerprint density at radius 3 is 2.37 bits per heavy atom. The number of aryl methyl sites for hydroxylation is 2. The van der Waals surface area contributed by atoms with Gasteiger partial charge in [0.25, 0.3) is 0 Å². The molecule has 0 unspecified atom stereocenters. The highest BCUT2D eigenvalue weighted by molar-refractivity contribution is 5.94. The van der Waals surface area contributed by atoms with Crippen molar-refractivity contribution in [1.82, 2.24) is 4.98 Å². The van der Waals surface area contributed by atoms with Crippen LogP contribution in [0.2, 0.25) is 0 Å². The molecule has 0 bridgehead atoms. The minimum Gasteiger partial charge on any atom is -0.497 e. The van der Waals surface area contributed by atoms with Crippen LogP contribution in [0.1, 0.15) is 24.0 Å². The van der Waals surface area contributed by atoms with Crippen LogP contribution in [0.5, 0.6) is 17.2 Å². The van der Waals surface area contributed by atoms with Crippen LogP contribution in [-0.4, -0.2) is 32.9 Å². The number of nitrogens with two attached hydrogens (primary N) is 1. The normalized spacial score (nSPS) is 11.0. The van der Waals surface area contributed by atoms with E-state index in [4.69, 9.17) is 19.9 Å². The fraction of sp³-hybridized carbons (Fsp3) is 0.364. The van der Waals surface area contributed by atoms with Gasteiger partial charge in [-0.2, -0.15) is 0 Å². The van der Waals surface area contributed by atoms with Crippen molar-refractivity contribution < 1.29 is 14.2 Å². The summed E-state index contributed by atoms with van der Waals surface area (Å²) in [7, 11) is 5.01. The number of aromatic nitrogens is 1. The molecule has 3 rings (SSSR count). The van der Waals surface area contributed by atoms with Gasteiger partial charge in [-0.1, -0.05) is 0 Å². The van der Waals surface area contributed by atoms with E-state index in [0.29, 0.717) is 6.54 Å². The van der Waals surface area contributed by atoms with E-state index in [1.54, 1.807) is 21.3 Å². The Labute approximate surface area is 160 Å². The van der Waals surface area contributed by atoms with E-state index in [0.717, 1.165) is 58.8 Å². The van der Waals surface area contributed by atoms with Crippen molar-refractivity contribution in [3.63, 3.8) is 0 Å². The molecule has 0 amide bonds. The Balaban J connectivity index is 2.18. The van der Waals surface area contributed by atoms with Crippen molar-refractivity contribution in [2.75, 3.05) is 27.9 Å². The summed E-state index contributed by atoms with van der Waals surface area (Å²) in [4.78, 5) is 3.63. The Hall–Kier alpha value is -2.66. The highest BCUT2D eigenvalue weighted by Gasteiger charge is 2.17. The molecular weight excluding hydrogens is 340 g/mol. The number of nitrogens with one attached hydrogen (secondary N) is 1. The molecule has 3 aromatic rings. The third kappa shape index (κ3) is 3.74. The number of rotatable bonds is 8. The Bertz CT molecular complexity index is 931. The summed E-state index contributed by atoms with van der Waals surface area (Å²) in [6, 6.07) is 10.2. The van der Waals surface area contributed by atoms with Gasteiger partial charge in [-0.05, 0) is 74.2 Å². The van der Waals surface area contributed by atoms with E-state index in [-0.39, 0.29) is 0 Å². The molecule has 144 valence electrons. The van der Waals surface area contributed by atoms with Crippen molar-refractivity contribution in [3.8, 4) is 28.5 Å². The Morgan fingerprint density at radius 1 is 0.926 bits per heavy atom. The largest absolute Gasteiger partial charge is 0.497 e. The molecule has 0 spiro atoms. The van der Waals surface area contributed by atoms with Gasteiger partial charge in [0, 0.05) is 22.2 Å². The molecular formula is C22H28N2O3. The van der Waals surface area contributed by atoms with Crippen molar-refractivity contribution in [1.29, 1.82) is 0 Å². The van der Waals surface area contributed by atoms with E-state index in [9.17, 15) is 0 Å². The number of H-pyrrole nitrogens is 1. The lowest BCUT2D eigenvalue weighted by molar-refractivity contribution is 0.355. The molecule has 5 nitrogen and oxygen atoms in total. The van der Waals surface area contributed by atoms with Gasteiger partial charge < -0.3 is 24.9 Å². The molecule has 0 radical (unpaired) electrons. The molecule has 27 heavy (non-hydrogen) atoms. The van der Waals surface area contributed by atoms with Crippen LogP contribution in [0.15, 0.2) is 30.3 Å². The van der Waals surface area contributed by atoms with E-state index in [1.807, 2.05) is 12.1 Å². The first-order valence-corrected chi connectivity index (χ1v) is 9.24. The third-order valence-electron chi connectivity index (χ3n) is 4.97. The van der Waals surface area contributed by atoms with E-state index < -0.39 is 0 Å². The average Bonchev–Trinajstić information content (AvgIpc) is 3.06. The number of ether oxygens (including phenoxy) is 3. The molecule has 0 saturated heterocycles. The molecule has 0 fully saturated rings. The average molecular weight is 368 g/mol. The smallest absolute Gasteiger partial charge is 0.161 e. The summed E-state index contributed by atoms with van der Waals surface area (Å²) in [5.41, 5.74) is 11.5. The number of benzene rings is 2. The molecule has 1 heterocycles. The first kappa shape index (κ1) is 19.1. The number of methoxy groups -OCH3 is 3. The molecule has 1 aromatic heterocycles.